The fourth-order valence-electron chi connectivity index (χ4n) is 3.96. The fourth-order valence-corrected chi connectivity index (χ4v) is 3.96. The van der Waals surface area contributed by atoms with Crippen LogP contribution >= 0.6 is 0 Å². The Balaban J connectivity index is 2.40. The largest absolute Gasteiger partial charge is 0.469 e. The van der Waals surface area contributed by atoms with Gasteiger partial charge in [0.05, 0.1) is 23.7 Å². The Bertz CT molecular complexity index is 900. The van der Waals surface area contributed by atoms with E-state index >= 15 is 0 Å². The summed E-state index contributed by atoms with van der Waals surface area (Å²) in [7, 11) is 0. The Morgan fingerprint density at radius 1 is 1.54 bits per heavy atom. The fraction of sp³-hybridized carbons (Fsp3) is 0.389. The highest BCUT2D eigenvalue weighted by Gasteiger charge is 2.49. The van der Waals surface area contributed by atoms with Gasteiger partial charge in [0.15, 0.2) is 0 Å². The lowest BCUT2D eigenvalue weighted by Crippen LogP contribution is -2.49. The molecule has 1 aliphatic rings. The molecule has 3 unspecified atom stereocenters. The molecule has 2 heterocycles. The van der Waals surface area contributed by atoms with Crippen molar-refractivity contribution in [1.82, 2.24) is 4.98 Å². The molecule has 3 rings (SSSR count). The van der Waals surface area contributed by atoms with Gasteiger partial charge in [0.25, 0.3) is 5.56 Å². The second kappa shape index (κ2) is 5.46. The number of furan rings is 1. The molecule has 0 aromatic carbocycles. The van der Waals surface area contributed by atoms with Crippen LogP contribution in [0.2, 0.25) is 0 Å². The van der Waals surface area contributed by atoms with Crippen molar-refractivity contribution in [3.63, 3.8) is 0 Å². The Morgan fingerprint density at radius 3 is 2.79 bits per heavy atom. The quantitative estimate of drug-likeness (QED) is 0.875. The van der Waals surface area contributed by atoms with Crippen LogP contribution < -0.4 is 5.56 Å². The number of hydrogen-bond acceptors (Lipinski definition) is 5. The average molecular weight is 326 g/mol. The summed E-state index contributed by atoms with van der Waals surface area (Å²) in [6.07, 6.45) is 1.57. The monoisotopic (exact) mass is 326 g/mol. The van der Waals surface area contributed by atoms with Gasteiger partial charge in [0.1, 0.15) is 23.2 Å². The number of Topliss-reactive ketones (excluding diaryl/α,β-unsaturated/α-hetero) is 1. The van der Waals surface area contributed by atoms with Crippen molar-refractivity contribution in [2.75, 3.05) is 0 Å². The smallest absolute Gasteiger partial charge is 0.266 e. The minimum atomic E-state index is -1.39. The second-order valence-corrected chi connectivity index (χ2v) is 6.57. The van der Waals surface area contributed by atoms with Crippen LogP contribution in [-0.2, 0) is 11.2 Å². The van der Waals surface area contributed by atoms with E-state index in [0.717, 1.165) is 0 Å². The standard InChI is InChI=1S/C18H18N2O4/c1-9-14-11(12(8-19)17(22)20-9)7-18(3,23)16(10(2)21)15(14)13-5-4-6-24-13/h4-6,15-16,23H,7H2,1-3H3,(H,20,22). The lowest BCUT2D eigenvalue weighted by Gasteiger charge is -2.42. The first-order valence-electron chi connectivity index (χ1n) is 7.70. The van der Waals surface area contributed by atoms with Gasteiger partial charge in [-0.05, 0) is 44.0 Å². The van der Waals surface area contributed by atoms with Crippen LogP contribution in [0.1, 0.15) is 47.9 Å². The lowest BCUT2D eigenvalue weighted by atomic mass is 9.64. The predicted molar refractivity (Wildman–Crippen MR) is 85.6 cm³/mol. The third-order valence-corrected chi connectivity index (χ3v) is 4.81. The molecule has 0 radical (unpaired) electrons. The Labute approximate surface area is 138 Å². The number of ketones is 1. The molecule has 0 bridgehead atoms. The van der Waals surface area contributed by atoms with Crippen molar-refractivity contribution in [1.29, 1.82) is 5.26 Å². The van der Waals surface area contributed by atoms with E-state index in [9.17, 15) is 20.0 Å². The minimum absolute atomic E-state index is 0.0190. The van der Waals surface area contributed by atoms with Crippen LogP contribution in [0.3, 0.4) is 0 Å². The van der Waals surface area contributed by atoms with E-state index in [0.29, 0.717) is 22.6 Å². The number of hydrogen-bond donors (Lipinski definition) is 2. The number of carbonyl (C=O) groups excluding carboxylic acids is 1. The van der Waals surface area contributed by atoms with Gasteiger partial charge in [-0.25, -0.2) is 0 Å². The minimum Gasteiger partial charge on any atom is -0.469 e. The second-order valence-electron chi connectivity index (χ2n) is 6.57. The molecular formula is C18H18N2O4. The number of nitrogens with one attached hydrogen (secondary N) is 1. The maximum absolute atomic E-state index is 12.3. The average Bonchev–Trinajstić information content (AvgIpc) is 2.98. The number of nitriles is 1. The molecule has 2 N–H and O–H groups in total. The molecule has 1 aliphatic carbocycles. The number of aromatic nitrogens is 1. The van der Waals surface area contributed by atoms with Gasteiger partial charge in [-0.15, -0.1) is 0 Å². The van der Waals surface area contributed by atoms with Gasteiger partial charge < -0.3 is 14.5 Å². The number of H-pyrrole nitrogens is 1. The SMILES string of the molecule is CC(=O)C1C(c2ccco2)c2c(C)[nH]c(=O)c(C#N)c2CC1(C)O. The van der Waals surface area contributed by atoms with E-state index in [4.69, 9.17) is 4.42 Å². The summed E-state index contributed by atoms with van der Waals surface area (Å²) in [6.45, 7) is 4.73. The Hall–Kier alpha value is -2.65. The van der Waals surface area contributed by atoms with Crippen LogP contribution in [0, 0.1) is 24.2 Å². The van der Waals surface area contributed by atoms with Gasteiger partial charge in [0.2, 0.25) is 0 Å². The summed E-state index contributed by atoms with van der Waals surface area (Å²) >= 11 is 0. The maximum Gasteiger partial charge on any atom is 0.266 e. The van der Waals surface area contributed by atoms with Crippen LogP contribution in [0.25, 0.3) is 0 Å². The molecule has 24 heavy (non-hydrogen) atoms. The predicted octanol–water partition coefficient (Wildman–Crippen LogP) is 1.79. The number of nitrogens with zero attached hydrogens (tertiary/aromatic N) is 1. The van der Waals surface area contributed by atoms with Crippen molar-refractivity contribution < 1.29 is 14.3 Å². The molecule has 0 saturated carbocycles. The van der Waals surface area contributed by atoms with Crippen molar-refractivity contribution in [3.05, 3.63) is 56.9 Å². The normalized spacial score (nSPS) is 25.8. The van der Waals surface area contributed by atoms with E-state index in [1.807, 2.05) is 6.07 Å². The van der Waals surface area contributed by atoms with Crippen molar-refractivity contribution >= 4 is 5.78 Å². The summed E-state index contributed by atoms with van der Waals surface area (Å²) in [5, 5.41) is 20.3. The molecule has 2 aromatic rings. The van der Waals surface area contributed by atoms with Crippen LogP contribution in [0.5, 0.6) is 0 Å². The van der Waals surface area contributed by atoms with Gasteiger partial charge in [-0.3, -0.25) is 9.59 Å². The highest BCUT2D eigenvalue weighted by atomic mass is 16.3. The van der Waals surface area contributed by atoms with E-state index in [-0.39, 0.29) is 17.8 Å². The van der Waals surface area contributed by atoms with Gasteiger partial charge >= 0.3 is 0 Å². The van der Waals surface area contributed by atoms with Crippen molar-refractivity contribution in [2.24, 2.45) is 5.92 Å². The first-order chi connectivity index (χ1) is 11.3. The molecule has 6 heteroatoms. The number of aryl methyl sites for hydroxylation is 1. The molecule has 6 nitrogen and oxygen atoms in total. The molecule has 0 aliphatic heterocycles. The first kappa shape index (κ1) is 16.2. The van der Waals surface area contributed by atoms with Crippen molar-refractivity contribution in [3.8, 4) is 6.07 Å². The molecule has 124 valence electrons. The number of pyridine rings is 1. The van der Waals surface area contributed by atoms with Crippen LogP contribution in [0.4, 0.5) is 0 Å². The number of fused-ring (bicyclic) bond motifs is 1. The lowest BCUT2D eigenvalue weighted by molar-refractivity contribution is -0.131. The van der Waals surface area contributed by atoms with E-state index in [1.54, 1.807) is 26.0 Å². The van der Waals surface area contributed by atoms with Gasteiger partial charge in [0, 0.05) is 12.1 Å². The molecule has 2 aromatic heterocycles. The zero-order chi connectivity index (χ0) is 17.6. The van der Waals surface area contributed by atoms with Crippen LogP contribution in [0.15, 0.2) is 27.6 Å². The molecule has 0 saturated heterocycles. The number of carbonyl (C=O) groups is 1. The van der Waals surface area contributed by atoms with Gasteiger partial charge in [-0.2, -0.15) is 5.26 Å². The summed E-state index contributed by atoms with van der Waals surface area (Å²) in [6, 6.07) is 5.38. The molecule has 3 atom stereocenters. The highest BCUT2D eigenvalue weighted by Crippen LogP contribution is 2.47. The third-order valence-electron chi connectivity index (χ3n) is 4.81. The summed E-state index contributed by atoms with van der Waals surface area (Å²) in [4.78, 5) is 27.1. The molecule has 0 spiro atoms. The van der Waals surface area contributed by atoms with Gasteiger partial charge in [-0.1, -0.05) is 0 Å². The van der Waals surface area contributed by atoms with Crippen molar-refractivity contribution in [2.45, 2.75) is 38.7 Å². The Morgan fingerprint density at radius 2 is 2.25 bits per heavy atom. The van der Waals surface area contributed by atoms with Crippen LogP contribution in [-0.4, -0.2) is 21.5 Å². The molecule has 0 amide bonds. The Kier molecular flexibility index (Phi) is 3.69. The number of aromatic amines is 1. The zero-order valence-corrected chi connectivity index (χ0v) is 13.7. The topological polar surface area (TPSA) is 107 Å². The summed E-state index contributed by atoms with van der Waals surface area (Å²) in [5.74, 6) is -0.931. The summed E-state index contributed by atoms with van der Waals surface area (Å²) < 4.78 is 5.52. The van der Waals surface area contributed by atoms with E-state index < -0.39 is 23.0 Å². The zero-order valence-electron chi connectivity index (χ0n) is 13.7. The first-order valence-corrected chi connectivity index (χ1v) is 7.70. The number of rotatable bonds is 2. The molecular weight excluding hydrogens is 308 g/mol. The third kappa shape index (κ3) is 2.29. The highest BCUT2D eigenvalue weighted by molar-refractivity contribution is 5.82. The van der Waals surface area contributed by atoms with E-state index in [1.165, 1.54) is 13.2 Å². The molecule has 0 fully saturated rings. The van der Waals surface area contributed by atoms with E-state index in [2.05, 4.69) is 4.98 Å². The maximum atomic E-state index is 12.3. The summed E-state index contributed by atoms with van der Waals surface area (Å²) in [5.41, 5.74) is -0.131. The number of aliphatic hydroxyl groups is 1.